The topological polar surface area (TPSA) is 82.2 Å². The average Bonchev–Trinajstić information content (AvgIpc) is 3.08. The maximum Gasteiger partial charge on any atom is 0.314 e. The minimum atomic E-state index is -0.371. The van der Waals surface area contributed by atoms with Crippen LogP contribution < -0.4 is 10.3 Å². The number of carbonyl (C=O) groups is 1. The Morgan fingerprint density at radius 2 is 1.96 bits per heavy atom. The third kappa shape index (κ3) is 3.15. The van der Waals surface area contributed by atoms with Crippen LogP contribution in [0.4, 0.5) is 4.39 Å². The van der Waals surface area contributed by atoms with Crippen LogP contribution in [0.1, 0.15) is 21.7 Å². The van der Waals surface area contributed by atoms with Crippen molar-refractivity contribution in [2.24, 2.45) is 7.05 Å². The highest BCUT2D eigenvalue weighted by molar-refractivity contribution is 5.90. The second-order valence-electron chi connectivity index (χ2n) is 6.53. The van der Waals surface area contributed by atoms with E-state index in [4.69, 9.17) is 4.74 Å². The molecule has 0 unspecified atom stereocenters. The summed E-state index contributed by atoms with van der Waals surface area (Å²) in [6.45, 7) is 0.794. The fourth-order valence-electron chi connectivity index (χ4n) is 3.29. The molecule has 0 saturated heterocycles. The number of methoxy groups -OCH3 is 1. The van der Waals surface area contributed by atoms with Gasteiger partial charge in [0, 0.05) is 38.1 Å². The van der Waals surface area contributed by atoms with Gasteiger partial charge in [-0.15, -0.1) is 5.10 Å². The number of aryl methyl sites for hydroxylation is 1. The first-order valence-electron chi connectivity index (χ1n) is 8.71. The van der Waals surface area contributed by atoms with E-state index in [1.54, 1.807) is 36.3 Å². The van der Waals surface area contributed by atoms with Crippen molar-refractivity contribution < 1.29 is 13.9 Å². The van der Waals surface area contributed by atoms with Gasteiger partial charge in [0.2, 0.25) is 5.82 Å². The molecular formula is C19H18FN5O3. The molecule has 0 saturated carbocycles. The SMILES string of the molecule is COc1nc(C(=O)N2CCc3cc(=O)n(-c4ccc(F)cc4)cc3C2)nn1C. The Morgan fingerprint density at radius 1 is 1.21 bits per heavy atom. The lowest BCUT2D eigenvalue weighted by Gasteiger charge is -2.28. The molecule has 3 heterocycles. The summed E-state index contributed by atoms with van der Waals surface area (Å²) in [4.78, 5) is 30.9. The summed E-state index contributed by atoms with van der Waals surface area (Å²) in [5.74, 6) is -0.608. The zero-order chi connectivity index (χ0) is 19.8. The zero-order valence-electron chi connectivity index (χ0n) is 15.4. The smallest absolute Gasteiger partial charge is 0.314 e. The van der Waals surface area contributed by atoms with Crippen LogP contribution in [0.15, 0.2) is 41.3 Å². The maximum absolute atomic E-state index is 13.2. The van der Waals surface area contributed by atoms with Gasteiger partial charge in [0.05, 0.1) is 7.11 Å². The van der Waals surface area contributed by atoms with Crippen molar-refractivity contribution >= 4 is 5.91 Å². The Labute approximate surface area is 159 Å². The van der Waals surface area contributed by atoms with Crippen LogP contribution >= 0.6 is 0 Å². The summed E-state index contributed by atoms with van der Waals surface area (Å²) in [6, 6.07) is 7.51. The number of amides is 1. The molecule has 8 nitrogen and oxygen atoms in total. The van der Waals surface area contributed by atoms with Crippen LogP contribution in [0.3, 0.4) is 0 Å². The van der Waals surface area contributed by atoms with Crippen molar-refractivity contribution in [2.45, 2.75) is 13.0 Å². The van der Waals surface area contributed by atoms with E-state index in [0.717, 1.165) is 11.1 Å². The number of fused-ring (bicyclic) bond motifs is 1. The first-order chi connectivity index (χ1) is 13.5. The van der Waals surface area contributed by atoms with Crippen molar-refractivity contribution in [3.8, 4) is 11.7 Å². The number of carbonyl (C=O) groups excluding carboxylic acids is 1. The molecule has 1 aliphatic heterocycles. The lowest BCUT2D eigenvalue weighted by atomic mass is 10.0. The lowest BCUT2D eigenvalue weighted by molar-refractivity contribution is 0.0721. The molecule has 9 heteroatoms. The molecule has 3 aromatic rings. The summed E-state index contributed by atoms with van der Waals surface area (Å²) in [6.07, 6.45) is 2.27. The lowest BCUT2D eigenvalue weighted by Crippen LogP contribution is -2.37. The van der Waals surface area contributed by atoms with Crippen LogP contribution in [-0.2, 0) is 20.0 Å². The monoisotopic (exact) mass is 383 g/mol. The maximum atomic E-state index is 13.2. The van der Waals surface area contributed by atoms with E-state index >= 15 is 0 Å². The summed E-state index contributed by atoms with van der Waals surface area (Å²) in [5.41, 5.74) is 2.13. The van der Waals surface area contributed by atoms with Gasteiger partial charge in [-0.25, -0.2) is 9.07 Å². The van der Waals surface area contributed by atoms with Gasteiger partial charge in [-0.05, 0) is 41.8 Å². The van der Waals surface area contributed by atoms with Gasteiger partial charge in [0.25, 0.3) is 11.5 Å². The van der Waals surface area contributed by atoms with E-state index in [0.29, 0.717) is 25.2 Å². The fourth-order valence-corrected chi connectivity index (χ4v) is 3.29. The first-order valence-corrected chi connectivity index (χ1v) is 8.71. The summed E-state index contributed by atoms with van der Waals surface area (Å²) >= 11 is 0. The fraction of sp³-hybridized carbons (Fsp3) is 0.263. The van der Waals surface area contributed by atoms with Gasteiger partial charge >= 0.3 is 6.01 Å². The highest BCUT2D eigenvalue weighted by Gasteiger charge is 2.26. The summed E-state index contributed by atoms with van der Waals surface area (Å²) < 4.78 is 21.1. The molecule has 144 valence electrons. The van der Waals surface area contributed by atoms with E-state index in [1.807, 2.05) is 0 Å². The standard InChI is InChI=1S/C19H18FN5O3/c1-23-19(28-2)21-17(22-23)18(27)24-8-7-12-9-16(26)25(11-13(12)10-24)15-5-3-14(20)4-6-15/h3-6,9,11H,7-8,10H2,1-2H3. The molecule has 4 rings (SSSR count). The van der Waals surface area contributed by atoms with E-state index in [-0.39, 0.29) is 29.1 Å². The van der Waals surface area contributed by atoms with E-state index < -0.39 is 0 Å². The first kappa shape index (κ1) is 17.9. The Morgan fingerprint density at radius 3 is 2.64 bits per heavy atom. The number of benzene rings is 1. The number of pyridine rings is 1. The molecule has 0 spiro atoms. The second-order valence-corrected chi connectivity index (χ2v) is 6.53. The number of hydrogen-bond donors (Lipinski definition) is 0. The normalized spacial score (nSPS) is 13.3. The number of rotatable bonds is 3. The molecule has 0 atom stereocenters. The van der Waals surface area contributed by atoms with Crippen LogP contribution in [0.5, 0.6) is 6.01 Å². The molecule has 0 aliphatic carbocycles. The van der Waals surface area contributed by atoms with Crippen LogP contribution in [0.25, 0.3) is 5.69 Å². The van der Waals surface area contributed by atoms with Crippen molar-refractivity contribution in [3.05, 3.63) is 69.7 Å². The summed E-state index contributed by atoms with van der Waals surface area (Å²) in [5, 5.41) is 4.10. The van der Waals surface area contributed by atoms with E-state index in [9.17, 15) is 14.0 Å². The third-order valence-corrected chi connectivity index (χ3v) is 4.73. The Kier molecular flexibility index (Phi) is 4.42. The van der Waals surface area contributed by atoms with Crippen LogP contribution in [0.2, 0.25) is 0 Å². The number of aromatic nitrogens is 4. The van der Waals surface area contributed by atoms with Gasteiger partial charge in [-0.1, -0.05) is 0 Å². The predicted molar refractivity (Wildman–Crippen MR) is 98.0 cm³/mol. The van der Waals surface area contributed by atoms with Gasteiger partial charge in [-0.3, -0.25) is 14.2 Å². The van der Waals surface area contributed by atoms with Gasteiger partial charge in [0.15, 0.2) is 0 Å². The number of nitrogens with zero attached hydrogens (tertiary/aromatic N) is 5. The highest BCUT2D eigenvalue weighted by atomic mass is 19.1. The molecule has 0 N–H and O–H groups in total. The number of halogens is 1. The molecule has 1 amide bonds. The second kappa shape index (κ2) is 6.91. The molecule has 1 aromatic carbocycles. The Bertz CT molecular complexity index is 1100. The number of hydrogen-bond acceptors (Lipinski definition) is 5. The highest BCUT2D eigenvalue weighted by Crippen LogP contribution is 2.20. The summed E-state index contributed by atoms with van der Waals surface area (Å²) in [7, 11) is 3.11. The molecule has 0 radical (unpaired) electrons. The van der Waals surface area contributed by atoms with Crippen molar-refractivity contribution in [1.82, 2.24) is 24.2 Å². The predicted octanol–water partition coefficient (Wildman–Crippen LogP) is 1.31. The molecular weight excluding hydrogens is 365 g/mol. The number of ether oxygens (including phenoxy) is 1. The van der Waals surface area contributed by atoms with E-state index in [2.05, 4.69) is 10.1 Å². The third-order valence-electron chi connectivity index (χ3n) is 4.73. The average molecular weight is 383 g/mol. The van der Waals surface area contributed by atoms with Crippen molar-refractivity contribution in [1.29, 1.82) is 0 Å². The molecule has 28 heavy (non-hydrogen) atoms. The quantitative estimate of drug-likeness (QED) is 0.681. The van der Waals surface area contributed by atoms with Gasteiger partial charge < -0.3 is 9.64 Å². The molecule has 0 fully saturated rings. The minimum absolute atomic E-state index is 0.0645. The van der Waals surface area contributed by atoms with E-state index in [1.165, 1.54) is 28.5 Å². The Hall–Kier alpha value is -3.49. The van der Waals surface area contributed by atoms with Crippen LogP contribution in [-0.4, -0.2) is 43.8 Å². The molecule has 0 bridgehead atoms. The van der Waals surface area contributed by atoms with Gasteiger partial charge in [-0.2, -0.15) is 4.98 Å². The van der Waals surface area contributed by atoms with Crippen molar-refractivity contribution in [2.75, 3.05) is 13.7 Å². The molecule has 2 aromatic heterocycles. The van der Waals surface area contributed by atoms with Crippen molar-refractivity contribution in [3.63, 3.8) is 0 Å². The minimum Gasteiger partial charge on any atom is -0.467 e. The molecule has 1 aliphatic rings. The largest absolute Gasteiger partial charge is 0.467 e. The Balaban J connectivity index is 1.64. The van der Waals surface area contributed by atoms with Gasteiger partial charge in [0.1, 0.15) is 5.82 Å². The van der Waals surface area contributed by atoms with Crippen LogP contribution in [0, 0.1) is 5.82 Å². The zero-order valence-corrected chi connectivity index (χ0v) is 15.4.